The molecular weight excluding hydrogens is 242 g/mol. The third-order valence-corrected chi connectivity index (χ3v) is 2.94. The molecule has 0 aromatic carbocycles. The Kier molecular flexibility index (Phi) is 3.71. The Morgan fingerprint density at radius 1 is 1.42 bits per heavy atom. The molecule has 2 rings (SSSR count). The third kappa shape index (κ3) is 2.39. The molecule has 19 heavy (non-hydrogen) atoms. The van der Waals surface area contributed by atoms with Crippen LogP contribution < -0.4 is 0 Å². The Balaban J connectivity index is 2.65. The molecule has 0 radical (unpaired) electrons. The monoisotopic (exact) mass is 259 g/mol. The van der Waals surface area contributed by atoms with E-state index in [1.807, 2.05) is 23.5 Å². The van der Waals surface area contributed by atoms with E-state index in [1.165, 1.54) is 0 Å². The Hall–Kier alpha value is -2.07. The summed E-state index contributed by atoms with van der Waals surface area (Å²) in [5.41, 5.74) is 3.77. The Morgan fingerprint density at radius 3 is 2.74 bits per heavy atom. The first kappa shape index (κ1) is 13.4. The molecule has 4 nitrogen and oxygen atoms in total. The maximum absolute atomic E-state index is 12.0. The zero-order valence-corrected chi connectivity index (χ0v) is 11.1. The van der Waals surface area contributed by atoms with Crippen LogP contribution in [0.4, 0.5) is 0 Å². The van der Waals surface area contributed by atoms with Crippen molar-refractivity contribution >= 4 is 17.1 Å². The van der Waals surface area contributed by atoms with E-state index in [0.717, 1.165) is 22.2 Å². The molecule has 0 aliphatic heterocycles. The second-order valence-electron chi connectivity index (χ2n) is 4.41. The number of aromatic nitrogens is 1. The summed E-state index contributed by atoms with van der Waals surface area (Å²) in [4.78, 5) is 12.0. The highest BCUT2D eigenvalue weighted by Crippen LogP contribution is 2.26. The maximum atomic E-state index is 12.0. The second-order valence-corrected chi connectivity index (χ2v) is 4.41. The van der Waals surface area contributed by atoms with E-state index < -0.39 is 0 Å². The van der Waals surface area contributed by atoms with Gasteiger partial charge in [-0.15, -0.1) is 0 Å². The van der Waals surface area contributed by atoms with Crippen LogP contribution in [-0.4, -0.2) is 22.1 Å². The Morgan fingerprint density at radius 2 is 2.16 bits per heavy atom. The van der Waals surface area contributed by atoms with Crippen LogP contribution in [0.1, 0.15) is 35.3 Å². The third-order valence-electron chi connectivity index (χ3n) is 2.94. The van der Waals surface area contributed by atoms with E-state index >= 15 is 0 Å². The summed E-state index contributed by atoms with van der Waals surface area (Å²) in [7, 11) is 0. The summed E-state index contributed by atoms with van der Waals surface area (Å²) in [6.07, 6.45) is 3.51. The fourth-order valence-corrected chi connectivity index (χ4v) is 2.13. The number of allylic oxidation sites excluding steroid dienone is 1. The zero-order chi connectivity index (χ0) is 14.0. The topological polar surface area (TPSA) is 50.9 Å². The summed E-state index contributed by atoms with van der Waals surface area (Å²) < 4.78 is 6.88. The van der Waals surface area contributed by atoms with Crippen molar-refractivity contribution in [2.75, 3.05) is 6.61 Å². The molecule has 0 unspecified atom stereocenters. The van der Waals surface area contributed by atoms with Crippen molar-refractivity contribution < 1.29 is 14.6 Å². The highest BCUT2D eigenvalue weighted by atomic mass is 16.5. The van der Waals surface area contributed by atoms with Crippen LogP contribution in [0.3, 0.4) is 0 Å². The minimum Gasteiger partial charge on any atom is -0.462 e. The predicted octanol–water partition coefficient (Wildman–Crippen LogP) is 2.64. The van der Waals surface area contributed by atoms with E-state index in [9.17, 15) is 4.79 Å². The number of ether oxygens (including phenoxy) is 1. The van der Waals surface area contributed by atoms with Crippen molar-refractivity contribution in [1.29, 1.82) is 0 Å². The zero-order valence-electron chi connectivity index (χ0n) is 11.1. The van der Waals surface area contributed by atoms with Gasteiger partial charge in [-0.05, 0) is 31.1 Å². The van der Waals surface area contributed by atoms with Crippen LogP contribution in [0.25, 0.3) is 11.1 Å². The number of fused-ring (bicyclic) bond motifs is 1. The number of aliphatic hydroxyl groups is 1. The molecule has 100 valence electrons. The smallest absolute Gasteiger partial charge is 0.340 e. The van der Waals surface area contributed by atoms with Crippen LogP contribution in [0.15, 0.2) is 31.1 Å². The van der Waals surface area contributed by atoms with Crippen LogP contribution in [-0.2, 0) is 11.3 Å². The molecule has 0 aliphatic rings. The van der Waals surface area contributed by atoms with Crippen LogP contribution >= 0.6 is 0 Å². The molecule has 0 bridgehead atoms. The number of pyridine rings is 1. The van der Waals surface area contributed by atoms with Crippen molar-refractivity contribution in [3.8, 4) is 0 Å². The van der Waals surface area contributed by atoms with Crippen molar-refractivity contribution in [1.82, 2.24) is 4.40 Å². The minimum atomic E-state index is -0.352. The molecular formula is C15H17NO3. The molecule has 4 heteroatoms. The average Bonchev–Trinajstić information content (AvgIpc) is 2.77. The molecule has 0 saturated carbocycles. The standard InChI is InChI=1S/C15H17NO3/c1-4-19-15(18)12-8-16-7-11(9-17)5-6-13(16)14(12)10(2)3/h5-8,17H,2,4,9H2,1,3H3. The number of rotatable bonds is 4. The van der Waals surface area contributed by atoms with E-state index in [-0.39, 0.29) is 12.6 Å². The molecule has 0 fully saturated rings. The van der Waals surface area contributed by atoms with Gasteiger partial charge >= 0.3 is 5.97 Å². The van der Waals surface area contributed by atoms with E-state index in [2.05, 4.69) is 6.58 Å². The molecule has 0 saturated heterocycles. The average molecular weight is 259 g/mol. The van der Waals surface area contributed by atoms with Crippen LogP contribution in [0.2, 0.25) is 0 Å². The van der Waals surface area contributed by atoms with E-state index in [0.29, 0.717) is 12.2 Å². The number of hydrogen-bond donors (Lipinski definition) is 1. The minimum absolute atomic E-state index is 0.0364. The van der Waals surface area contributed by atoms with E-state index in [1.54, 1.807) is 19.3 Å². The first-order chi connectivity index (χ1) is 9.08. The summed E-state index contributed by atoms with van der Waals surface area (Å²) in [6, 6.07) is 3.70. The number of nitrogens with zero attached hydrogens (tertiary/aromatic N) is 1. The highest BCUT2D eigenvalue weighted by Gasteiger charge is 2.18. The van der Waals surface area contributed by atoms with Gasteiger partial charge < -0.3 is 14.2 Å². The molecule has 0 atom stereocenters. The highest BCUT2D eigenvalue weighted by molar-refractivity contribution is 5.99. The van der Waals surface area contributed by atoms with Crippen molar-refractivity contribution in [2.45, 2.75) is 20.5 Å². The van der Waals surface area contributed by atoms with Gasteiger partial charge in [0.2, 0.25) is 0 Å². The van der Waals surface area contributed by atoms with Gasteiger partial charge in [-0.25, -0.2) is 4.79 Å². The van der Waals surface area contributed by atoms with E-state index in [4.69, 9.17) is 9.84 Å². The fourth-order valence-electron chi connectivity index (χ4n) is 2.13. The first-order valence-corrected chi connectivity index (χ1v) is 6.16. The van der Waals surface area contributed by atoms with Gasteiger partial charge in [-0.3, -0.25) is 0 Å². The normalized spacial score (nSPS) is 10.7. The van der Waals surface area contributed by atoms with Crippen LogP contribution in [0.5, 0.6) is 0 Å². The maximum Gasteiger partial charge on any atom is 0.340 e. The number of carbonyl (C=O) groups excluding carboxylic acids is 1. The van der Waals surface area contributed by atoms with Gasteiger partial charge in [0.05, 0.1) is 24.3 Å². The molecule has 0 amide bonds. The van der Waals surface area contributed by atoms with Crippen molar-refractivity contribution in [3.63, 3.8) is 0 Å². The number of carbonyl (C=O) groups is 1. The molecule has 2 heterocycles. The summed E-state index contributed by atoms with van der Waals surface area (Å²) in [5, 5.41) is 9.15. The largest absolute Gasteiger partial charge is 0.462 e. The van der Waals surface area contributed by atoms with Gasteiger partial charge in [0.25, 0.3) is 0 Å². The molecule has 2 aromatic rings. The quantitative estimate of drug-likeness (QED) is 0.859. The first-order valence-electron chi connectivity index (χ1n) is 6.16. The molecule has 0 aliphatic carbocycles. The lowest BCUT2D eigenvalue weighted by atomic mass is 10.1. The van der Waals surface area contributed by atoms with Gasteiger partial charge in [0.15, 0.2) is 0 Å². The Bertz CT molecular complexity index is 640. The second kappa shape index (κ2) is 5.28. The van der Waals surface area contributed by atoms with Gasteiger partial charge in [0, 0.05) is 18.0 Å². The van der Waals surface area contributed by atoms with Crippen molar-refractivity contribution in [2.24, 2.45) is 0 Å². The predicted molar refractivity (Wildman–Crippen MR) is 74.0 cm³/mol. The molecule has 1 N–H and O–H groups in total. The number of aliphatic hydroxyl groups excluding tert-OH is 1. The fraction of sp³-hybridized carbons (Fsp3) is 0.267. The van der Waals surface area contributed by atoms with Gasteiger partial charge in [-0.1, -0.05) is 12.6 Å². The van der Waals surface area contributed by atoms with Crippen LogP contribution in [0, 0.1) is 0 Å². The van der Waals surface area contributed by atoms with Gasteiger partial charge in [-0.2, -0.15) is 0 Å². The number of esters is 1. The van der Waals surface area contributed by atoms with Gasteiger partial charge in [0.1, 0.15) is 0 Å². The SMILES string of the molecule is C=C(C)c1c(C(=O)OCC)cn2cc(CO)ccc12. The molecule has 2 aromatic heterocycles. The lowest BCUT2D eigenvalue weighted by Gasteiger charge is -2.04. The number of hydrogen-bond acceptors (Lipinski definition) is 3. The van der Waals surface area contributed by atoms with Crippen molar-refractivity contribution in [3.05, 3.63) is 47.8 Å². The summed E-state index contributed by atoms with van der Waals surface area (Å²) in [6.45, 7) is 7.86. The molecule has 0 spiro atoms. The lowest BCUT2D eigenvalue weighted by molar-refractivity contribution is 0.0526. The summed E-state index contributed by atoms with van der Waals surface area (Å²) >= 11 is 0. The Labute approximate surface area is 111 Å². The summed E-state index contributed by atoms with van der Waals surface area (Å²) in [5.74, 6) is -0.352. The lowest BCUT2D eigenvalue weighted by Crippen LogP contribution is -2.05.